The van der Waals surface area contributed by atoms with Crippen LogP contribution in [0.25, 0.3) is 5.69 Å². The number of anilines is 1. The molecule has 1 aromatic heterocycles. The van der Waals surface area contributed by atoms with Crippen molar-refractivity contribution in [3.8, 4) is 5.69 Å². The van der Waals surface area contributed by atoms with Gasteiger partial charge in [-0.15, -0.1) is 0 Å². The number of guanidine groups is 2. The van der Waals surface area contributed by atoms with Crippen LogP contribution in [-0.4, -0.2) is 27.4 Å². The molecular formula is C18H22ClN7. The number of rotatable bonds is 2. The van der Waals surface area contributed by atoms with Crippen LogP contribution >= 0.6 is 11.6 Å². The van der Waals surface area contributed by atoms with E-state index in [1.54, 1.807) is 10.9 Å². The molecule has 1 aliphatic carbocycles. The fraction of sp³-hybridized carbons (Fsp3) is 0.389. The molecule has 0 unspecified atom stereocenters. The van der Waals surface area contributed by atoms with Crippen LogP contribution in [0.5, 0.6) is 0 Å². The van der Waals surface area contributed by atoms with Crippen molar-refractivity contribution >= 4 is 29.2 Å². The van der Waals surface area contributed by atoms with E-state index in [1.165, 1.54) is 6.42 Å². The summed E-state index contributed by atoms with van der Waals surface area (Å²) in [6.07, 6.45) is 8.88. The first-order chi connectivity index (χ1) is 12.5. The van der Waals surface area contributed by atoms with Gasteiger partial charge in [0.25, 0.3) is 0 Å². The smallest absolute Gasteiger partial charge is 0.220 e. The topological polar surface area (TPSA) is 97.8 Å². The van der Waals surface area contributed by atoms with Crippen molar-refractivity contribution in [2.45, 2.75) is 44.7 Å². The Morgan fingerprint density at radius 3 is 2.58 bits per heavy atom. The van der Waals surface area contributed by atoms with Crippen LogP contribution in [0, 0.1) is 6.92 Å². The molecular weight excluding hydrogens is 350 g/mol. The van der Waals surface area contributed by atoms with E-state index in [2.05, 4.69) is 15.1 Å². The summed E-state index contributed by atoms with van der Waals surface area (Å²) >= 11 is 6.57. The van der Waals surface area contributed by atoms with E-state index in [9.17, 15) is 0 Å². The molecule has 136 valence electrons. The van der Waals surface area contributed by atoms with Gasteiger partial charge in [-0.25, -0.2) is 9.67 Å². The summed E-state index contributed by atoms with van der Waals surface area (Å²) in [5.74, 6) is 0.605. The molecule has 7 nitrogen and oxygen atoms in total. The second-order valence-corrected chi connectivity index (χ2v) is 7.32. The summed E-state index contributed by atoms with van der Waals surface area (Å²) in [6.45, 7) is 1.99. The molecule has 1 aliphatic heterocycles. The highest BCUT2D eigenvalue weighted by molar-refractivity contribution is 6.32. The zero-order valence-electron chi connectivity index (χ0n) is 14.7. The van der Waals surface area contributed by atoms with E-state index in [-0.39, 0.29) is 5.96 Å². The summed E-state index contributed by atoms with van der Waals surface area (Å²) in [7, 11) is 0. The fourth-order valence-electron chi connectivity index (χ4n) is 3.86. The second kappa shape index (κ2) is 6.32. The molecule has 2 aliphatic rings. The SMILES string of the molecule is Cc1cnn(-c2ccc(N3C(N)=NC(N)=NC34CCCCC4)cc2Cl)c1. The minimum absolute atomic E-state index is 0.246. The Balaban J connectivity index is 1.75. The molecule has 1 aromatic carbocycles. The van der Waals surface area contributed by atoms with E-state index in [0.717, 1.165) is 42.6 Å². The number of aliphatic imine (C=N–C) groups is 2. The van der Waals surface area contributed by atoms with Gasteiger partial charge < -0.3 is 11.5 Å². The highest BCUT2D eigenvalue weighted by Gasteiger charge is 2.42. The van der Waals surface area contributed by atoms with E-state index in [4.69, 9.17) is 23.1 Å². The predicted octanol–water partition coefficient (Wildman–Crippen LogP) is 2.94. The van der Waals surface area contributed by atoms with Crippen molar-refractivity contribution in [2.24, 2.45) is 21.5 Å². The van der Waals surface area contributed by atoms with Gasteiger partial charge in [-0.3, -0.25) is 4.90 Å². The number of benzene rings is 1. The number of nitrogens with two attached hydrogens (primary N) is 2. The maximum Gasteiger partial charge on any atom is 0.220 e. The Morgan fingerprint density at radius 1 is 1.15 bits per heavy atom. The molecule has 4 rings (SSSR count). The van der Waals surface area contributed by atoms with Crippen molar-refractivity contribution < 1.29 is 0 Å². The van der Waals surface area contributed by atoms with Crippen LogP contribution in [0.3, 0.4) is 0 Å². The van der Waals surface area contributed by atoms with Crippen molar-refractivity contribution in [3.05, 3.63) is 41.2 Å². The molecule has 26 heavy (non-hydrogen) atoms. The summed E-state index contributed by atoms with van der Waals surface area (Å²) < 4.78 is 1.77. The highest BCUT2D eigenvalue weighted by Crippen LogP contribution is 2.40. The first-order valence-electron chi connectivity index (χ1n) is 8.79. The lowest BCUT2D eigenvalue weighted by Crippen LogP contribution is -2.58. The molecule has 2 heterocycles. The summed E-state index contributed by atoms with van der Waals surface area (Å²) in [4.78, 5) is 10.9. The maximum absolute atomic E-state index is 6.57. The average molecular weight is 372 g/mol. The average Bonchev–Trinajstić information content (AvgIpc) is 3.01. The fourth-order valence-corrected chi connectivity index (χ4v) is 4.12. The lowest BCUT2D eigenvalue weighted by molar-refractivity contribution is 0.305. The highest BCUT2D eigenvalue weighted by atomic mass is 35.5. The van der Waals surface area contributed by atoms with E-state index < -0.39 is 5.66 Å². The van der Waals surface area contributed by atoms with Crippen molar-refractivity contribution in [3.63, 3.8) is 0 Å². The van der Waals surface area contributed by atoms with Gasteiger partial charge in [-0.05, 0) is 56.4 Å². The summed E-state index contributed by atoms with van der Waals surface area (Å²) in [6, 6.07) is 5.81. The molecule has 0 amide bonds. The molecule has 1 saturated carbocycles. The molecule has 1 fully saturated rings. The first kappa shape index (κ1) is 16.9. The molecule has 8 heteroatoms. The molecule has 0 radical (unpaired) electrons. The zero-order valence-corrected chi connectivity index (χ0v) is 15.4. The van der Waals surface area contributed by atoms with Gasteiger partial charge in [-0.2, -0.15) is 10.1 Å². The molecule has 2 aromatic rings. The quantitative estimate of drug-likeness (QED) is 0.847. The van der Waals surface area contributed by atoms with Gasteiger partial charge in [0.2, 0.25) is 11.9 Å². The molecule has 0 saturated heterocycles. The minimum Gasteiger partial charge on any atom is -0.369 e. The summed E-state index contributed by atoms with van der Waals surface area (Å²) in [5.41, 5.74) is 14.5. The number of halogens is 1. The lowest BCUT2D eigenvalue weighted by Gasteiger charge is -2.45. The predicted molar refractivity (Wildman–Crippen MR) is 105 cm³/mol. The Kier molecular flexibility index (Phi) is 4.11. The third-order valence-electron chi connectivity index (χ3n) is 5.00. The zero-order chi connectivity index (χ0) is 18.3. The van der Waals surface area contributed by atoms with Gasteiger partial charge in [0.15, 0.2) is 0 Å². The van der Waals surface area contributed by atoms with Gasteiger partial charge in [0, 0.05) is 11.9 Å². The van der Waals surface area contributed by atoms with Crippen LogP contribution in [0.4, 0.5) is 5.69 Å². The Labute approximate surface area is 157 Å². The number of hydrogen-bond acceptors (Lipinski definition) is 6. The molecule has 0 bridgehead atoms. The van der Waals surface area contributed by atoms with Gasteiger partial charge >= 0.3 is 0 Å². The number of hydrogen-bond donors (Lipinski definition) is 2. The molecule has 1 spiro atoms. The van der Waals surface area contributed by atoms with Crippen molar-refractivity contribution in [1.29, 1.82) is 0 Å². The van der Waals surface area contributed by atoms with Crippen molar-refractivity contribution in [1.82, 2.24) is 9.78 Å². The van der Waals surface area contributed by atoms with Crippen LogP contribution in [0.1, 0.15) is 37.7 Å². The standard InChI is InChI=1S/C18H22ClN7/c1-12-10-22-25(11-12)15-6-5-13(9-14(15)19)26-17(21)23-16(20)24-18(26)7-3-2-4-8-18/h5-6,9-11H,2-4,7-8H2,1H3,(H4,20,21,23,24). The van der Waals surface area contributed by atoms with E-state index in [1.807, 2.05) is 36.2 Å². The van der Waals surface area contributed by atoms with Gasteiger partial charge in [0.05, 0.1) is 16.9 Å². The Morgan fingerprint density at radius 2 is 1.92 bits per heavy atom. The van der Waals surface area contributed by atoms with Crippen LogP contribution in [0.15, 0.2) is 40.6 Å². The van der Waals surface area contributed by atoms with Crippen LogP contribution < -0.4 is 16.4 Å². The Bertz CT molecular complexity index is 893. The normalized spacial score (nSPS) is 19.4. The van der Waals surface area contributed by atoms with Crippen LogP contribution in [-0.2, 0) is 0 Å². The van der Waals surface area contributed by atoms with E-state index >= 15 is 0 Å². The van der Waals surface area contributed by atoms with E-state index in [0.29, 0.717) is 11.0 Å². The third-order valence-corrected chi connectivity index (χ3v) is 5.30. The summed E-state index contributed by atoms with van der Waals surface area (Å²) in [5, 5.41) is 4.92. The number of aromatic nitrogens is 2. The second-order valence-electron chi connectivity index (χ2n) is 6.92. The monoisotopic (exact) mass is 371 g/mol. The number of nitrogens with zero attached hydrogens (tertiary/aromatic N) is 5. The van der Waals surface area contributed by atoms with Crippen LogP contribution in [0.2, 0.25) is 5.02 Å². The molecule has 0 atom stereocenters. The Hall–Kier alpha value is -2.54. The van der Waals surface area contributed by atoms with Gasteiger partial charge in [-0.1, -0.05) is 18.0 Å². The third kappa shape index (κ3) is 2.82. The largest absolute Gasteiger partial charge is 0.369 e. The van der Waals surface area contributed by atoms with Gasteiger partial charge in [0.1, 0.15) is 5.66 Å². The molecule has 4 N–H and O–H groups in total. The lowest BCUT2D eigenvalue weighted by atomic mass is 9.87. The first-order valence-corrected chi connectivity index (χ1v) is 9.17. The number of aryl methyl sites for hydroxylation is 1. The minimum atomic E-state index is -0.471. The van der Waals surface area contributed by atoms with Crippen molar-refractivity contribution in [2.75, 3.05) is 4.90 Å². The maximum atomic E-state index is 6.57.